The molecule has 0 radical (unpaired) electrons. The number of nitrogens with zero attached hydrogens (tertiary/aromatic N) is 3. The SMILES string of the molecule is COC(=O)c1cccn2c(CC3CCN(C(C)C)CC3)ncc12. The molecular formula is C18H25N3O2. The van der Waals surface area contributed by atoms with Gasteiger partial charge in [0.2, 0.25) is 0 Å². The van der Waals surface area contributed by atoms with Crippen LogP contribution in [0.3, 0.4) is 0 Å². The number of hydrogen-bond donors (Lipinski definition) is 0. The first-order valence-electron chi connectivity index (χ1n) is 8.37. The highest BCUT2D eigenvalue weighted by Gasteiger charge is 2.23. The number of hydrogen-bond acceptors (Lipinski definition) is 4. The standard InChI is InChI=1S/C18H25N3O2/c1-13(2)20-9-6-14(7-10-20)11-17-19-12-16-15(18(22)23-3)5-4-8-21(16)17/h4-5,8,12-14H,6-7,9-11H2,1-3H3. The summed E-state index contributed by atoms with van der Waals surface area (Å²) in [7, 11) is 1.41. The number of rotatable bonds is 4. The molecule has 1 saturated heterocycles. The maximum atomic E-state index is 11.9. The summed E-state index contributed by atoms with van der Waals surface area (Å²) in [4.78, 5) is 19.0. The summed E-state index contributed by atoms with van der Waals surface area (Å²) >= 11 is 0. The molecule has 2 aromatic heterocycles. The number of carbonyl (C=O) groups is 1. The van der Waals surface area contributed by atoms with Gasteiger partial charge in [0.05, 0.1) is 24.4 Å². The van der Waals surface area contributed by atoms with E-state index in [2.05, 4.69) is 23.7 Å². The van der Waals surface area contributed by atoms with Crippen molar-refractivity contribution in [3.8, 4) is 0 Å². The lowest BCUT2D eigenvalue weighted by molar-refractivity contribution is 0.0602. The monoisotopic (exact) mass is 315 g/mol. The molecule has 5 heteroatoms. The number of likely N-dealkylation sites (tertiary alicyclic amines) is 1. The van der Waals surface area contributed by atoms with E-state index in [1.165, 1.54) is 33.0 Å². The van der Waals surface area contributed by atoms with Crippen LogP contribution in [-0.4, -0.2) is 46.5 Å². The van der Waals surface area contributed by atoms with Crippen molar-refractivity contribution in [2.75, 3.05) is 20.2 Å². The van der Waals surface area contributed by atoms with Gasteiger partial charge in [0, 0.05) is 18.7 Å². The summed E-state index contributed by atoms with van der Waals surface area (Å²) in [6, 6.07) is 4.30. The number of methoxy groups -OCH3 is 1. The van der Waals surface area contributed by atoms with Gasteiger partial charge in [0.25, 0.3) is 0 Å². The maximum Gasteiger partial charge on any atom is 0.340 e. The van der Waals surface area contributed by atoms with Gasteiger partial charge in [0.15, 0.2) is 0 Å². The number of aromatic nitrogens is 2. The van der Waals surface area contributed by atoms with Crippen molar-refractivity contribution in [3.63, 3.8) is 0 Å². The summed E-state index contributed by atoms with van der Waals surface area (Å²) in [5, 5.41) is 0. The molecular weight excluding hydrogens is 290 g/mol. The molecule has 1 aliphatic rings. The predicted octanol–water partition coefficient (Wildman–Crippen LogP) is 2.78. The first-order valence-corrected chi connectivity index (χ1v) is 8.37. The number of carbonyl (C=O) groups excluding carboxylic acids is 1. The summed E-state index contributed by atoms with van der Waals surface area (Å²) < 4.78 is 6.88. The second-order valence-electron chi connectivity index (χ2n) is 6.62. The van der Waals surface area contributed by atoms with Crippen molar-refractivity contribution < 1.29 is 9.53 Å². The average Bonchev–Trinajstić information content (AvgIpc) is 2.97. The smallest absolute Gasteiger partial charge is 0.340 e. The molecule has 1 aliphatic heterocycles. The van der Waals surface area contributed by atoms with Gasteiger partial charge in [-0.3, -0.25) is 0 Å². The lowest BCUT2D eigenvalue weighted by Crippen LogP contribution is -2.38. The molecule has 0 bridgehead atoms. The van der Waals surface area contributed by atoms with Crippen LogP contribution in [-0.2, 0) is 11.2 Å². The Kier molecular flexibility index (Phi) is 4.66. The zero-order chi connectivity index (χ0) is 16.4. The van der Waals surface area contributed by atoms with Crippen LogP contribution in [0.5, 0.6) is 0 Å². The van der Waals surface area contributed by atoms with Gasteiger partial charge < -0.3 is 14.0 Å². The highest BCUT2D eigenvalue weighted by atomic mass is 16.5. The topological polar surface area (TPSA) is 46.8 Å². The molecule has 3 heterocycles. The molecule has 0 aromatic carbocycles. The first-order chi connectivity index (χ1) is 11.1. The maximum absolute atomic E-state index is 11.9. The molecule has 2 aromatic rings. The molecule has 124 valence electrons. The van der Waals surface area contributed by atoms with Gasteiger partial charge in [-0.2, -0.15) is 0 Å². The minimum Gasteiger partial charge on any atom is -0.465 e. The molecule has 3 rings (SSSR count). The summed E-state index contributed by atoms with van der Waals surface area (Å²) in [6.07, 6.45) is 7.15. The van der Waals surface area contributed by atoms with Crippen molar-refractivity contribution in [2.45, 2.75) is 39.2 Å². The van der Waals surface area contributed by atoms with Crippen molar-refractivity contribution >= 4 is 11.5 Å². The average molecular weight is 315 g/mol. The van der Waals surface area contributed by atoms with E-state index in [0.29, 0.717) is 17.5 Å². The summed E-state index contributed by atoms with van der Waals surface area (Å²) in [6.45, 7) is 6.85. The van der Waals surface area contributed by atoms with Crippen LogP contribution in [0.2, 0.25) is 0 Å². The van der Waals surface area contributed by atoms with E-state index in [9.17, 15) is 4.79 Å². The Morgan fingerprint density at radius 1 is 1.39 bits per heavy atom. The summed E-state index contributed by atoms with van der Waals surface area (Å²) in [5.74, 6) is 1.39. The van der Waals surface area contributed by atoms with Gasteiger partial charge in [-0.25, -0.2) is 9.78 Å². The van der Waals surface area contributed by atoms with Crippen LogP contribution >= 0.6 is 0 Å². The van der Waals surface area contributed by atoms with Crippen LogP contribution in [0.1, 0.15) is 42.9 Å². The van der Waals surface area contributed by atoms with E-state index in [1.807, 2.05) is 16.7 Å². The third kappa shape index (κ3) is 3.24. The fourth-order valence-corrected chi connectivity index (χ4v) is 3.44. The first kappa shape index (κ1) is 16.0. The van der Waals surface area contributed by atoms with Gasteiger partial charge >= 0.3 is 5.97 Å². The molecule has 0 aliphatic carbocycles. The van der Waals surface area contributed by atoms with Crippen LogP contribution in [0.4, 0.5) is 0 Å². The molecule has 0 saturated carbocycles. The Morgan fingerprint density at radius 3 is 2.78 bits per heavy atom. The van der Waals surface area contributed by atoms with E-state index < -0.39 is 0 Å². The molecule has 5 nitrogen and oxygen atoms in total. The highest BCUT2D eigenvalue weighted by Crippen LogP contribution is 2.23. The van der Waals surface area contributed by atoms with Gasteiger partial charge in [-0.05, 0) is 57.8 Å². The van der Waals surface area contributed by atoms with E-state index >= 15 is 0 Å². The van der Waals surface area contributed by atoms with E-state index in [1.54, 1.807) is 12.3 Å². The second kappa shape index (κ2) is 6.71. The molecule has 1 fully saturated rings. The Labute approximate surface area is 137 Å². The molecule has 23 heavy (non-hydrogen) atoms. The predicted molar refractivity (Wildman–Crippen MR) is 89.7 cm³/mol. The zero-order valence-corrected chi connectivity index (χ0v) is 14.2. The third-order valence-corrected chi connectivity index (χ3v) is 4.90. The van der Waals surface area contributed by atoms with Gasteiger partial charge in [0.1, 0.15) is 5.82 Å². The van der Waals surface area contributed by atoms with Gasteiger partial charge in [-0.15, -0.1) is 0 Å². The fraction of sp³-hybridized carbons (Fsp3) is 0.556. The quantitative estimate of drug-likeness (QED) is 0.814. The lowest BCUT2D eigenvalue weighted by atomic mass is 9.92. The molecule has 0 atom stereocenters. The summed E-state index contributed by atoms with van der Waals surface area (Å²) in [5.41, 5.74) is 1.40. The Balaban J connectivity index is 1.76. The molecule has 0 spiro atoms. The number of imidazole rings is 1. The van der Waals surface area contributed by atoms with Crippen LogP contribution < -0.4 is 0 Å². The van der Waals surface area contributed by atoms with Crippen LogP contribution in [0.15, 0.2) is 24.5 Å². The van der Waals surface area contributed by atoms with E-state index in [0.717, 1.165) is 17.8 Å². The van der Waals surface area contributed by atoms with Gasteiger partial charge in [-0.1, -0.05) is 0 Å². The fourth-order valence-electron chi connectivity index (χ4n) is 3.44. The van der Waals surface area contributed by atoms with E-state index in [-0.39, 0.29) is 5.97 Å². The van der Waals surface area contributed by atoms with Crippen molar-refractivity contribution in [2.24, 2.45) is 5.92 Å². The number of pyridine rings is 1. The Bertz CT molecular complexity index is 685. The van der Waals surface area contributed by atoms with Crippen LogP contribution in [0.25, 0.3) is 5.52 Å². The zero-order valence-electron chi connectivity index (χ0n) is 14.2. The van der Waals surface area contributed by atoms with Crippen molar-refractivity contribution in [1.29, 1.82) is 0 Å². The number of fused-ring (bicyclic) bond motifs is 1. The highest BCUT2D eigenvalue weighted by molar-refractivity contribution is 5.96. The molecule has 0 N–H and O–H groups in total. The van der Waals surface area contributed by atoms with E-state index in [4.69, 9.17) is 4.74 Å². The number of piperidine rings is 1. The Morgan fingerprint density at radius 2 is 2.13 bits per heavy atom. The molecule has 0 unspecified atom stereocenters. The Hall–Kier alpha value is -1.88. The molecule has 0 amide bonds. The number of ether oxygens (including phenoxy) is 1. The lowest BCUT2D eigenvalue weighted by Gasteiger charge is -2.34. The van der Waals surface area contributed by atoms with Crippen molar-refractivity contribution in [3.05, 3.63) is 35.9 Å². The van der Waals surface area contributed by atoms with Crippen LogP contribution in [0, 0.1) is 5.92 Å². The largest absolute Gasteiger partial charge is 0.465 e. The second-order valence-corrected chi connectivity index (χ2v) is 6.62. The third-order valence-electron chi connectivity index (χ3n) is 4.90. The van der Waals surface area contributed by atoms with Crippen molar-refractivity contribution in [1.82, 2.24) is 14.3 Å². The minimum absolute atomic E-state index is 0.313. The minimum atomic E-state index is -0.313. The normalized spacial score (nSPS) is 17.0. The number of esters is 1.